The molecule has 3 aromatic carbocycles. The van der Waals surface area contributed by atoms with E-state index >= 15 is 0 Å². The molecule has 1 heterocycles. The third-order valence-electron chi connectivity index (χ3n) is 7.92. The molecule has 0 fully saturated rings. The zero-order valence-electron chi connectivity index (χ0n) is 22.9. The van der Waals surface area contributed by atoms with Gasteiger partial charge in [0.25, 0.3) is 0 Å². The lowest BCUT2D eigenvalue weighted by Crippen LogP contribution is -2.13. The van der Waals surface area contributed by atoms with E-state index in [2.05, 4.69) is 117 Å². The van der Waals surface area contributed by atoms with Crippen molar-refractivity contribution in [3.8, 4) is 0 Å². The van der Waals surface area contributed by atoms with E-state index in [-0.39, 0.29) is 0 Å². The molecule has 2 aliphatic carbocycles. The van der Waals surface area contributed by atoms with Gasteiger partial charge in [-0.3, -0.25) is 4.99 Å². The second-order valence-electron chi connectivity index (χ2n) is 10.6. The third-order valence-corrected chi connectivity index (χ3v) is 7.92. The molecule has 0 saturated heterocycles. The first-order valence-corrected chi connectivity index (χ1v) is 14.2. The van der Waals surface area contributed by atoms with Gasteiger partial charge >= 0.3 is 0 Å². The number of allylic oxidation sites excluding steroid dienone is 9. The van der Waals surface area contributed by atoms with Crippen molar-refractivity contribution in [2.45, 2.75) is 46.1 Å². The van der Waals surface area contributed by atoms with Crippen molar-refractivity contribution < 1.29 is 4.42 Å². The fourth-order valence-electron chi connectivity index (χ4n) is 5.61. The Morgan fingerprint density at radius 3 is 2.62 bits per heavy atom. The molecule has 0 aliphatic heterocycles. The van der Waals surface area contributed by atoms with Crippen molar-refractivity contribution in [1.29, 1.82) is 0 Å². The Morgan fingerprint density at radius 1 is 0.872 bits per heavy atom. The van der Waals surface area contributed by atoms with Crippen molar-refractivity contribution in [1.82, 2.24) is 0 Å². The molecule has 1 atom stereocenters. The number of para-hydroxylation sites is 1. The predicted molar refractivity (Wildman–Crippen MR) is 167 cm³/mol. The lowest BCUT2D eigenvalue weighted by Gasteiger charge is -2.15. The molecule has 0 N–H and O–H groups in total. The molecular formula is C37H35NO. The Bertz CT molecular complexity index is 1700. The summed E-state index contributed by atoms with van der Waals surface area (Å²) in [6, 6.07) is 23.6. The van der Waals surface area contributed by atoms with Crippen LogP contribution in [-0.4, -0.2) is 5.71 Å². The smallest absolute Gasteiger partial charge is 0.135 e. The topological polar surface area (TPSA) is 25.5 Å². The van der Waals surface area contributed by atoms with Gasteiger partial charge in [0.1, 0.15) is 11.3 Å². The Kier molecular flexibility index (Phi) is 7.27. The summed E-state index contributed by atoms with van der Waals surface area (Å²) in [6.07, 6.45) is 19.8. The van der Waals surface area contributed by atoms with Gasteiger partial charge in [0.2, 0.25) is 0 Å². The molecule has 4 aromatic rings. The molecule has 0 amide bonds. The SMILES string of the molecule is CC[C@@H](C)C(=NCc1ccc2ccccc2c1)C1=CCC=C(CC2=CCC=Cc3oc4ccccc4c32)C=C1. The molecule has 6 rings (SSSR count). The standard InChI is InChI=1S/C37H35NO/c1-3-26(2)37(38-25-28-20-21-29-12-4-5-13-31(29)24-28)30-15-10-11-27(19-22-30)23-32-14-6-8-18-35-36(32)33-16-7-9-17-34(33)39-35/h4-5,7-9,11-22,24,26H,3,6,10,23,25H2,1-2H3/t26-/m1/s1. The van der Waals surface area contributed by atoms with Gasteiger partial charge < -0.3 is 4.42 Å². The first-order valence-electron chi connectivity index (χ1n) is 14.2. The monoisotopic (exact) mass is 509 g/mol. The Balaban J connectivity index is 1.23. The number of hydrogen-bond acceptors (Lipinski definition) is 2. The summed E-state index contributed by atoms with van der Waals surface area (Å²) in [5, 5.41) is 3.74. The van der Waals surface area contributed by atoms with Gasteiger partial charge in [-0.1, -0.05) is 105 Å². The van der Waals surface area contributed by atoms with Crippen molar-refractivity contribution in [3.05, 3.63) is 131 Å². The second-order valence-corrected chi connectivity index (χ2v) is 10.6. The molecule has 39 heavy (non-hydrogen) atoms. The fourth-order valence-corrected chi connectivity index (χ4v) is 5.61. The molecule has 2 nitrogen and oxygen atoms in total. The molecule has 0 unspecified atom stereocenters. The van der Waals surface area contributed by atoms with Gasteiger partial charge in [0, 0.05) is 16.7 Å². The van der Waals surface area contributed by atoms with E-state index in [1.807, 2.05) is 6.07 Å². The van der Waals surface area contributed by atoms with Gasteiger partial charge in [-0.25, -0.2) is 0 Å². The van der Waals surface area contributed by atoms with Crippen molar-refractivity contribution in [2.24, 2.45) is 10.9 Å². The van der Waals surface area contributed by atoms with Crippen LogP contribution in [0.15, 0.2) is 124 Å². The molecule has 0 radical (unpaired) electrons. The zero-order chi connectivity index (χ0) is 26.6. The highest BCUT2D eigenvalue weighted by molar-refractivity contribution is 6.04. The minimum absolute atomic E-state index is 0.401. The fraction of sp³-hybridized carbons (Fsp3) is 0.216. The maximum absolute atomic E-state index is 6.20. The highest BCUT2D eigenvalue weighted by atomic mass is 16.3. The van der Waals surface area contributed by atoms with Crippen LogP contribution >= 0.6 is 0 Å². The number of benzene rings is 3. The number of hydrogen-bond donors (Lipinski definition) is 0. The highest BCUT2D eigenvalue weighted by Crippen LogP contribution is 2.38. The first kappa shape index (κ1) is 25.1. The van der Waals surface area contributed by atoms with Crippen molar-refractivity contribution in [2.75, 3.05) is 0 Å². The van der Waals surface area contributed by atoms with E-state index in [1.54, 1.807) is 0 Å². The lowest BCUT2D eigenvalue weighted by molar-refractivity contribution is 0.603. The predicted octanol–water partition coefficient (Wildman–Crippen LogP) is 10.3. The maximum atomic E-state index is 6.20. The summed E-state index contributed by atoms with van der Waals surface area (Å²) < 4.78 is 6.20. The van der Waals surface area contributed by atoms with E-state index in [4.69, 9.17) is 9.41 Å². The number of nitrogens with zero attached hydrogens (tertiary/aromatic N) is 1. The lowest BCUT2D eigenvalue weighted by atomic mass is 9.94. The Hall–Kier alpha value is -4.17. The molecule has 2 heteroatoms. The molecule has 0 saturated carbocycles. The van der Waals surface area contributed by atoms with E-state index in [9.17, 15) is 0 Å². The second kappa shape index (κ2) is 11.3. The summed E-state index contributed by atoms with van der Waals surface area (Å²) in [5.41, 5.74) is 8.58. The van der Waals surface area contributed by atoms with Crippen LogP contribution in [0.2, 0.25) is 0 Å². The first-order chi connectivity index (χ1) is 19.2. The quantitative estimate of drug-likeness (QED) is 0.228. The molecular weight excluding hydrogens is 474 g/mol. The Labute approximate surface area is 231 Å². The number of fused-ring (bicyclic) bond motifs is 4. The van der Waals surface area contributed by atoms with Crippen LogP contribution in [-0.2, 0) is 6.54 Å². The Morgan fingerprint density at radius 2 is 1.72 bits per heavy atom. The van der Waals surface area contributed by atoms with E-state index in [0.717, 1.165) is 37.0 Å². The van der Waals surface area contributed by atoms with Crippen LogP contribution in [0.1, 0.15) is 56.4 Å². The molecule has 2 aliphatic rings. The third kappa shape index (κ3) is 5.38. The molecule has 1 aromatic heterocycles. The van der Waals surface area contributed by atoms with E-state index in [0.29, 0.717) is 12.5 Å². The molecule has 0 spiro atoms. The van der Waals surface area contributed by atoms with Gasteiger partial charge in [0.05, 0.1) is 6.54 Å². The number of furan rings is 1. The average Bonchev–Trinajstić information content (AvgIpc) is 3.07. The summed E-state index contributed by atoms with van der Waals surface area (Å²) >= 11 is 0. The largest absolute Gasteiger partial charge is 0.456 e. The minimum atomic E-state index is 0.401. The van der Waals surface area contributed by atoms with Crippen molar-refractivity contribution >= 4 is 39.1 Å². The van der Waals surface area contributed by atoms with Gasteiger partial charge in [0.15, 0.2) is 0 Å². The van der Waals surface area contributed by atoms with E-state index in [1.165, 1.54) is 49.7 Å². The van der Waals surface area contributed by atoms with E-state index < -0.39 is 0 Å². The average molecular weight is 510 g/mol. The number of rotatable bonds is 7. The number of aliphatic imine (C=N–C) groups is 1. The van der Waals surface area contributed by atoms with Crippen LogP contribution in [0.3, 0.4) is 0 Å². The summed E-state index contributed by atoms with van der Waals surface area (Å²) in [6.45, 7) is 5.24. The van der Waals surface area contributed by atoms with Gasteiger partial charge in [-0.2, -0.15) is 0 Å². The van der Waals surface area contributed by atoms with Crippen LogP contribution in [0.5, 0.6) is 0 Å². The summed E-state index contributed by atoms with van der Waals surface area (Å²) in [4.78, 5) is 5.19. The maximum Gasteiger partial charge on any atom is 0.135 e. The van der Waals surface area contributed by atoms with Crippen LogP contribution < -0.4 is 0 Å². The van der Waals surface area contributed by atoms with Crippen LogP contribution in [0, 0.1) is 5.92 Å². The normalized spacial score (nSPS) is 16.4. The van der Waals surface area contributed by atoms with Crippen LogP contribution in [0.25, 0.3) is 33.4 Å². The van der Waals surface area contributed by atoms with Crippen molar-refractivity contribution in [3.63, 3.8) is 0 Å². The van der Waals surface area contributed by atoms with Crippen LogP contribution in [0.4, 0.5) is 0 Å². The van der Waals surface area contributed by atoms with Gasteiger partial charge in [-0.05, 0) is 82.9 Å². The summed E-state index contributed by atoms with van der Waals surface area (Å²) in [7, 11) is 0. The zero-order valence-corrected chi connectivity index (χ0v) is 22.9. The summed E-state index contributed by atoms with van der Waals surface area (Å²) in [5.74, 6) is 1.37. The molecule has 0 bridgehead atoms. The minimum Gasteiger partial charge on any atom is -0.456 e. The molecule has 194 valence electrons. The highest BCUT2D eigenvalue weighted by Gasteiger charge is 2.19. The van der Waals surface area contributed by atoms with Gasteiger partial charge in [-0.15, -0.1) is 0 Å².